The first kappa shape index (κ1) is 18.9. The van der Waals surface area contributed by atoms with E-state index in [1.165, 1.54) is 26.7 Å². The van der Waals surface area contributed by atoms with E-state index in [2.05, 4.69) is 0 Å². The number of hydrogen-bond acceptors (Lipinski definition) is 5. The van der Waals surface area contributed by atoms with Crippen LogP contribution in [0, 0.1) is 0 Å². The van der Waals surface area contributed by atoms with E-state index in [4.69, 9.17) is 13.9 Å². The van der Waals surface area contributed by atoms with Crippen LogP contribution in [0.2, 0.25) is 0 Å². The third-order valence-corrected chi connectivity index (χ3v) is 5.50. The molecule has 0 saturated heterocycles. The van der Waals surface area contributed by atoms with Gasteiger partial charge in [0.1, 0.15) is 17.1 Å². The zero-order valence-electron chi connectivity index (χ0n) is 14.8. The summed E-state index contributed by atoms with van der Waals surface area (Å²) < 4.78 is 28.6. The average Bonchev–Trinajstić information content (AvgIpc) is 3.21. The molecule has 0 bridgehead atoms. The Kier molecular flexibility index (Phi) is 5.73. The molecule has 1 N–H and O–H groups in total. The van der Waals surface area contributed by atoms with Gasteiger partial charge in [-0.2, -0.15) is 0 Å². The highest BCUT2D eigenvalue weighted by Gasteiger charge is 2.26. The van der Waals surface area contributed by atoms with Crippen molar-refractivity contribution in [2.24, 2.45) is 0 Å². The summed E-state index contributed by atoms with van der Waals surface area (Å²) in [5.41, 5.74) is 1.69. The molecule has 3 aromatic rings. The fourth-order valence-corrected chi connectivity index (χ4v) is 4.15. The zero-order valence-corrected chi connectivity index (χ0v) is 15.6. The number of aromatic carboxylic acids is 1. The van der Waals surface area contributed by atoms with Crippen LogP contribution >= 0.6 is 0 Å². The second kappa shape index (κ2) is 8.20. The Balaban J connectivity index is 2.04. The number of carboxylic acids is 1. The normalized spacial score (nSPS) is 11.8. The van der Waals surface area contributed by atoms with E-state index < -0.39 is 17.1 Å². The van der Waals surface area contributed by atoms with Gasteiger partial charge in [-0.1, -0.05) is 24.3 Å². The van der Waals surface area contributed by atoms with Crippen LogP contribution in [0.25, 0.3) is 11.1 Å². The maximum absolute atomic E-state index is 12.9. The van der Waals surface area contributed by atoms with Gasteiger partial charge in [-0.25, -0.2) is 4.79 Å². The Morgan fingerprint density at radius 2 is 1.93 bits per heavy atom. The number of benzene rings is 2. The maximum Gasteiger partial charge on any atom is 0.339 e. The van der Waals surface area contributed by atoms with E-state index in [0.717, 1.165) is 0 Å². The molecule has 2 aromatic carbocycles. The fraction of sp³-hybridized carbons (Fsp3) is 0.150. The van der Waals surface area contributed by atoms with Gasteiger partial charge in [0.15, 0.2) is 10.6 Å². The molecule has 0 aliphatic carbocycles. The Bertz CT molecular complexity index is 936. The molecule has 0 fully saturated rings. The third kappa shape index (κ3) is 3.79. The van der Waals surface area contributed by atoms with Gasteiger partial charge >= 0.3 is 5.97 Å². The molecule has 0 saturated carbocycles. The van der Waals surface area contributed by atoms with Gasteiger partial charge in [-0.05, 0) is 29.4 Å². The molecule has 140 valence electrons. The lowest BCUT2D eigenvalue weighted by atomic mass is 9.99. The van der Waals surface area contributed by atoms with Crippen molar-refractivity contribution in [2.45, 2.75) is 10.6 Å². The average molecular weight is 386 g/mol. The van der Waals surface area contributed by atoms with Crippen molar-refractivity contribution in [2.75, 3.05) is 14.2 Å². The van der Waals surface area contributed by atoms with Gasteiger partial charge < -0.3 is 23.6 Å². The molecule has 1 heterocycles. The highest BCUT2D eigenvalue weighted by Crippen LogP contribution is 2.37. The summed E-state index contributed by atoms with van der Waals surface area (Å²) in [6, 6.07) is 12.1. The summed E-state index contributed by atoms with van der Waals surface area (Å²) in [4.78, 5) is 12.4. The molecule has 27 heavy (non-hydrogen) atoms. The van der Waals surface area contributed by atoms with E-state index >= 15 is 0 Å². The summed E-state index contributed by atoms with van der Waals surface area (Å²) in [5.74, 6) is -0.429. The molecule has 0 radical (unpaired) electrons. The molecule has 1 aromatic heterocycles. The van der Waals surface area contributed by atoms with Crippen molar-refractivity contribution in [3.8, 4) is 22.6 Å². The summed E-state index contributed by atoms with van der Waals surface area (Å²) in [5, 5.41) is 9.76. The van der Waals surface area contributed by atoms with Crippen molar-refractivity contribution in [1.82, 2.24) is 0 Å². The smallest absolute Gasteiger partial charge is 0.339 e. The van der Waals surface area contributed by atoms with Crippen LogP contribution in [0.4, 0.5) is 0 Å². The summed E-state index contributed by atoms with van der Waals surface area (Å²) >= 11 is -1.49. The highest BCUT2D eigenvalue weighted by molar-refractivity contribution is 7.90. The minimum Gasteiger partial charge on any atom is -0.611 e. The van der Waals surface area contributed by atoms with Gasteiger partial charge in [-0.15, -0.1) is 0 Å². The number of methoxy groups -OCH3 is 2. The van der Waals surface area contributed by atoms with Crippen molar-refractivity contribution >= 4 is 17.1 Å². The van der Waals surface area contributed by atoms with E-state index in [0.29, 0.717) is 27.3 Å². The first-order valence-corrected chi connectivity index (χ1v) is 9.35. The van der Waals surface area contributed by atoms with Crippen LogP contribution in [0.5, 0.6) is 11.5 Å². The molecule has 7 heteroatoms. The molecule has 0 spiro atoms. The Hall–Kier alpha value is -2.90. The van der Waals surface area contributed by atoms with Gasteiger partial charge in [0.25, 0.3) is 0 Å². The maximum atomic E-state index is 12.9. The second-order valence-corrected chi connectivity index (χ2v) is 7.06. The molecule has 0 aliphatic heterocycles. The zero-order chi connectivity index (χ0) is 19.4. The summed E-state index contributed by atoms with van der Waals surface area (Å²) in [7, 11) is 2.91. The Morgan fingerprint density at radius 3 is 2.56 bits per heavy atom. The topological polar surface area (TPSA) is 92.0 Å². The first-order valence-electron chi connectivity index (χ1n) is 8.04. The van der Waals surface area contributed by atoms with Gasteiger partial charge in [0.05, 0.1) is 26.7 Å². The minimum absolute atomic E-state index is 0.0144. The van der Waals surface area contributed by atoms with Gasteiger partial charge in [-0.3, -0.25) is 0 Å². The van der Waals surface area contributed by atoms with E-state index in [1.807, 2.05) is 0 Å². The van der Waals surface area contributed by atoms with E-state index in [-0.39, 0.29) is 17.1 Å². The minimum atomic E-state index is -1.49. The number of carboxylic acid groups (broad SMARTS) is 1. The van der Waals surface area contributed by atoms with E-state index in [9.17, 15) is 14.5 Å². The lowest BCUT2D eigenvalue weighted by molar-refractivity contribution is 0.0692. The monoisotopic (exact) mass is 386 g/mol. The van der Waals surface area contributed by atoms with Crippen LogP contribution in [-0.2, 0) is 16.9 Å². The number of ether oxygens (including phenoxy) is 2. The predicted octanol–water partition coefficient (Wildman–Crippen LogP) is 3.97. The lowest BCUT2D eigenvalue weighted by Crippen LogP contribution is -2.12. The molecule has 6 nitrogen and oxygen atoms in total. The number of para-hydroxylation sites is 1. The van der Waals surface area contributed by atoms with Crippen LogP contribution in [0.1, 0.15) is 15.9 Å². The van der Waals surface area contributed by atoms with Gasteiger partial charge in [0.2, 0.25) is 0 Å². The SMILES string of the molecule is COc1ccccc1[S+]([O-])Cc1ccc(-c2ccoc2)c(OC)c1C(=O)O. The van der Waals surface area contributed by atoms with Crippen LogP contribution < -0.4 is 9.47 Å². The molecular formula is C20H18O6S. The van der Waals surface area contributed by atoms with E-state index in [1.54, 1.807) is 42.5 Å². The lowest BCUT2D eigenvalue weighted by Gasteiger charge is -2.17. The largest absolute Gasteiger partial charge is 0.611 e. The molecule has 0 aliphatic rings. The van der Waals surface area contributed by atoms with Crippen LogP contribution in [-0.4, -0.2) is 29.8 Å². The fourth-order valence-electron chi connectivity index (χ4n) is 2.86. The third-order valence-electron chi connectivity index (χ3n) is 4.10. The number of carbonyl (C=O) groups is 1. The standard InChI is InChI=1S/C20H18O6S/c1-24-16-5-3-4-6-17(16)27(23)12-14-7-8-15(13-9-10-26-11-13)19(25-2)18(14)20(21)22/h3-11H,12H2,1-2H3,(H,21,22). The molecule has 1 atom stereocenters. The van der Waals surface area contributed by atoms with Gasteiger partial charge in [0, 0.05) is 16.7 Å². The Labute approximate surface area is 159 Å². The number of hydrogen-bond donors (Lipinski definition) is 1. The van der Waals surface area contributed by atoms with Crippen LogP contribution in [0.3, 0.4) is 0 Å². The molecule has 3 rings (SSSR count). The number of rotatable bonds is 7. The Morgan fingerprint density at radius 1 is 1.15 bits per heavy atom. The highest BCUT2D eigenvalue weighted by atomic mass is 32.2. The van der Waals surface area contributed by atoms with Crippen molar-refractivity contribution < 1.29 is 28.3 Å². The second-order valence-electron chi connectivity index (χ2n) is 5.64. The quantitative estimate of drug-likeness (QED) is 0.618. The number of furan rings is 1. The molecular weight excluding hydrogens is 368 g/mol. The predicted molar refractivity (Wildman–Crippen MR) is 101 cm³/mol. The summed E-state index contributed by atoms with van der Waals surface area (Å²) in [6.07, 6.45) is 3.01. The van der Waals surface area contributed by atoms with Crippen molar-refractivity contribution in [1.29, 1.82) is 0 Å². The summed E-state index contributed by atoms with van der Waals surface area (Å²) in [6.45, 7) is 0. The van der Waals surface area contributed by atoms with Crippen LogP contribution in [0.15, 0.2) is 64.3 Å². The molecule has 1 unspecified atom stereocenters. The first-order chi connectivity index (χ1) is 13.1. The molecule has 0 amide bonds. The van der Waals surface area contributed by atoms with Crippen molar-refractivity contribution in [3.63, 3.8) is 0 Å². The van der Waals surface area contributed by atoms with Crippen molar-refractivity contribution in [3.05, 3.63) is 66.1 Å².